The van der Waals surface area contributed by atoms with Gasteiger partial charge in [0.15, 0.2) is 0 Å². The molecule has 1 atom stereocenters. The minimum atomic E-state index is -4.22. The van der Waals surface area contributed by atoms with Gasteiger partial charge in [0.25, 0.3) is 0 Å². The van der Waals surface area contributed by atoms with Gasteiger partial charge in [-0.2, -0.15) is 0 Å². The number of carbonyl (C=O) groups excluding carboxylic acids is 1. The summed E-state index contributed by atoms with van der Waals surface area (Å²) in [5.41, 5.74) is 0.648. The van der Waals surface area contributed by atoms with E-state index < -0.39 is 22.0 Å². The number of hydrogen-bond acceptors (Lipinski definition) is 4. The zero-order valence-corrected chi connectivity index (χ0v) is 14.0. The predicted molar refractivity (Wildman–Crippen MR) is 85.7 cm³/mol. The Kier molecular flexibility index (Phi) is 5.64. The Labute approximate surface area is 143 Å². The van der Waals surface area contributed by atoms with Crippen molar-refractivity contribution in [3.05, 3.63) is 64.1 Å². The number of rotatable bonds is 6. The normalized spacial score (nSPS) is 12.8. The lowest BCUT2D eigenvalue weighted by atomic mass is 10.1. The Balaban J connectivity index is 2.31. The highest BCUT2D eigenvalue weighted by Crippen LogP contribution is 2.29. The van der Waals surface area contributed by atoms with Gasteiger partial charge in [0.05, 0.1) is 22.1 Å². The average molecular weight is 373 g/mol. The van der Waals surface area contributed by atoms with Crippen molar-refractivity contribution in [2.75, 3.05) is 0 Å². The summed E-state index contributed by atoms with van der Waals surface area (Å²) in [5.74, 6) is -1.54. The van der Waals surface area contributed by atoms with Gasteiger partial charge in [0.2, 0.25) is 10.0 Å². The van der Waals surface area contributed by atoms with Crippen LogP contribution in [0.15, 0.2) is 53.4 Å². The smallest absolute Gasteiger partial charge is 0.244 e. The Bertz CT molecular complexity index is 789. The summed E-state index contributed by atoms with van der Waals surface area (Å²) in [5, 5.41) is 11.1. The van der Waals surface area contributed by atoms with Crippen LogP contribution in [-0.4, -0.2) is 20.4 Å². The number of benzene rings is 2. The summed E-state index contributed by atoms with van der Waals surface area (Å²) in [6, 6.07) is 11.3. The molecule has 0 spiro atoms. The van der Waals surface area contributed by atoms with Crippen molar-refractivity contribution in [3.63, 3.8) is 0 Å². The van der Waals surface area contributed by atoms with Gasteiger partial charge in [-0.25, -0.2) is 13.1 Å². The van der Waals surface area contributed by atoms with Gasteiger partial charge in [-0.05, 0) is 24.1 Å². The first-order valence-electron chi connectivity index (χ1n) is 6.52. The summed E-state index contributed by atoms with van der Waals surface area (Å²) >= 11 is 11.7. The van der Waals surface area contributed by atoms with Crippen molar-refractivity contribution in [3.8, 4) is 0 Å². The lowest BCUT2D eigenvalue weighted by Crippen LogP contribution is -2.49. The molecule has 23 heavy (non-hydrogen) atoms. The number of sulfonamides is 1. The minimum Gasteiger partial charge on any atom is -0.548 e. The topological polar surface area (TPSA) is 86.3 Å². The Morgan fingerprint density at radius 3 is 2.13 bits per heavy atom. The molecule has 0 aliphatic rings. The Morgan fingerprint density at radius 1 is 1.04 bits per heavy atom. The van der Waals surface area contributed by atoms with Gasteiger partial charge in [-0.1, -0.05) is 59.6 Å². The zero-order valence-electron chi connectivity index (χ0n) is 11.7. The van der Waals surface area contributed by atoms with E-state index in [4.69, 9.17) is 23.2 Å². The third kappa shape index (κ3) is 4.45. The number of halogens is 2. The molecule has 0 saturated heterocycles. The van der Waals surface area contributed by atoms with E-state index in [-0.39, 0.29) is 21.4 Å². The molecule has 0 radical (unpaired) electrons. The van der Waals surface area contributed by atoms with Crippen LogP contribution in [0.4, 0.5) is 0 Å². The predicted octanol–water partition coefficient (Wildman–Crippen LogP) is 1.63. The van der Waals surface area contributed by atoms with Gasteiger partial charge in [0.1, 0.15) is 4.90 Å². The number of carboxylic acids is 1. The van der Waals surface area contributed by atoms with Crippen LogP contribution in [0.3, 0.4) is 0 Å². The molecule has 2 aromatic carbocycles. The van der Waals surface area contributed by atoms with Crippen LogP contribution in [0.25, 0.3) is 0 Å². The van der Waals surface area contributed by atoms with E-state index in [0.717, 1.165) is 0 Å². The maximum absolute atomic E-state index is 12.4. The highest BCUT2D eigenvalue weighted by atomic mass is 35.5. The van der Waals surface area contributed by atoms with Crippen LogP contribution >= 0.6 is 23.2 Å². The molecule has 2 rings (SSSR count). The lowest BCUT2D eigenvalue weighted by Gasteiger charge is -2.20. The molecule has 122 valence electrons. The first-order valence-corrected chi connectivity index (χ1v) is 8.76. The fourth-order valence-electron chi connectivity index (χ4n) is 2.01. The van der Waals surface area contributed by atoms with Crippen molar-refractivity contribution < 1.29 is 18.3 Å². The van der Waals surface area contributed by atoms with E-state index in [0.29, 0.717) is 5.56 Å². The molecule has 0 unspecified atom stereocenters. The first-order chi connectivity index (χ1) is 10.8. The maximum atomic E-state index is 12.4. The molecular weight excluding hydrogens is 361 g/mol. The number of carbonyl (C=O) groups is 1. The maximum Gasteiger partial charge on any atom is 0.244 e. The van der Waals surface area contributed by atoms with Gasteiger partial charge in [-0.15, -0.1) is 0 Å². The van der Waals surface area contributed by atoms with Crippen LogP contribution in [0.2, 0.25) is 10.0 Å². The summed E-state index contributed by atoms with van der Waals surface area (Å²) in [6.07, 6.45) is -0.0650. The molecule has 0 aliphatic heterocycles. The molecule has 5 nitrogen and oxygen atoms in total. The van der Waals surface area contributed by atoms with E-state index in [9.17, 15) is 18.3 Å². The highest BCUT2D eigenvalue weighted by Gasteiger charge is 2.25. The van der Waals surface area contributed by atoms with Crippen molar-refractivity contribution >= 4 is 39.2 Å². The monoisotopic (exact) mass is 372 g/mol. The molecule has 0 saturated carbocycles. The van der Waals surface area contributed by atoms with Crippen LogP contribution in [-0.2, 0) is 21.2 Å². The quantitative estimate of drug-likeness (QED) is 0.834. The molecule has 2 aromatic rings. The molecule has 0 amide bonds. The van der Waals surface area contributed by atoms with Crippen molar-refractivity contribution in [2.45, 2.75) is 17.4 Å². The van der Waals surface area contributed by atoms with E-state index in [1.807, 2.05) is 0 Å². The van der Waals surface area contributed by atoms with Crippen LogP contribution < -0.4 is 9.83 Å². The van der Waals surface area contributed by atoms with Crippen LogP contribution in [0.1, 0.15) is 5.56 Å². The van der Waals surface area contributed by atoms with E-state index in [1.54, 1.807) is 30.3 Å². The van der Waals surface area contributed by atoms with Gasteiger partial charge in [-0.3, -0.25) is 0 Å². The number of carboxylic acid groups (broad SMARTS) is 1. The third-order valence-corrected chi connectivity index (χ3v) is 5.48. The molecule has 8 heteroatoms. The molecule has 0 bridgehead atoms. The fraction of sp³-hybridized carbons (Fsp3) is 0.133. The van der Waals surface area contributed by atoms with Gasteiger partial charge in [0, 0.05) is 0 Å². The second kappa shape index (κ2) is 7.31. The standard InChI is InChI=1S/C15H13Cl2NO4S/c16-11-7-4-8-12(17)14(11)23(21,22)18-13(15(19)20)9-10-5-2-1-3-6-10/h1-8,13,18H,9H2,(H,19,20)/p-1/t13-/m1/s1. The molecule has 0 aliphatic carbocycles. The molecular formula is C15H12Cl2NO4S-. The van der Waals surface area contributed by atoms with Gasteiger partial charge >= 0.3 is 0 Å². The Hall–Kier alpha value is -1.60. The fourth-order valence-corrected chi connectivity index (χ4v) is 4.34. The lowest BCUT2D eigenvalue weighted by molar-refractivity contribution is -0.307. The molecule has 1 N–H and O–H groups in total. The summed E-state index contributed by atoms with van der Waals surface area (Å²) < 4.78 is 26.9. The SMILES string of the molecule is O=C([O-])[C@@H](Cc1ccccc1)NS(=O)(=O)c1c(Cl)cccc1Cl. The summed E-state index contributed by atoms with van der Waals surface area (Å²) in [4.78, 5) is 10.9. The van der Waals surface area contributed by atoms with Crippen molar-refractivity contribution in [1.82, 2.24) is 4.72 Å². The van der Waals surface area contributed by atoms with Crippen molar-refractivity contribution in [1.29, 1.82) is 0 Å². The first kappa shape index (κ1) is 17.7. The van der Waals surface area contributed by atoms with E-state index >= 15 is 0 Å². The van der Waals surface area contributed by atoms with Crippen molar-refractivity contribution in [2.24, 2.45) is 0 Å². The van der Waals surface area contributed by atoms with Gasteiger partial charge < -0.3 is 9.90 Å². The van der Waals surface area contributed by atoms with E-state index in [2.05, 4.69) is 4.72 Å². The third-order valence-electron chi connectivity index (χ3n) is 3.05. The van der Waals surface area contributed by atoms with Crippen LogP contribution in [0, 0.1) is 0 Å². The van der Waals surface area contributed by atoms with Crippen LogP contribution in [0.5, 0.6) is 0 Å². The molecule has 0 aromatic heterocycles. The second-order valence-corrected chi connectivity index (χ2v) is 7.20. The summed E-state index contributed by atoms with van der Waals surface area (Å²) in [7, 11) is -4.22. The average Bonchev–Trinajstić information content (AvgIpc) is 2.46. The second-order valence-electron chi connectivity index (χ2n) is 4.73. The minimum absolute atomic E-state index is 0.0650. The number of hydrogen-bond donors (Lipinski definition) is 1. The number of nitrogens with one attached hydrogen (secondary N) is 1. The molecule has 0 fully saturated rings. The van der Waals surface area contributed by atoms with E-state index in [1.165, 1.54) is 18.2 Å². The largest absolute Gasteiger partial charge is 0.548 e. The highest BCUT2D eigenvalue weighted by molar-refractivity contribution is 7.89. The number of aliphatic carboxylic acids is 1. The Morgan fingerprint density at radius 2 is 1.61 bits per heavy atom. The summed E-state index contributed by atoms with van der Waals surface area (Å²) in [6.45, 7) is 0. The zero-order chi connectivity index (χ0) is 17.0. The molecule has 0 heterocycles.